The summed E-state index contributed by atoms with van der Waals surface area (Å²) in [4.78, 5) is 29.4. The molecular weight excluding hydrogens is 636 g/mol. The minimum atomic E-state index is -4.35. The summed E-state index contributed by atoms with van der Waals surface area (Å²) in [5, 5.41) is 2.95. The molecule has 0 fully saturated rings. The quantitative estimate of drug-likeness (QED) is 0.180. The Balaban J connectivity index is 1.83. The SMILES string of the molecule is Cc1ccc(S(=O)(=O)N(CC(=O)N(Cc2ccc(F)cc2)[C@@H](Cc2ccccc2)C(=O)NC(C)C)c2cccc(Cl)c2Cl)cc1. The van der Waals surface area contributed by atoms with Gasteiger partial charge < -0.3 is 10.2 Å². The summed E-state index contributed by atoms with van der Waals surface area (Å²) < 4.78 is 43.0. The minimum Gasteiger partial charge on any atom is -0.352 e. The molecule has 2 amide bonds. The average molecular weight is 671 g/mol. The predicted octanol–water partition coefficient (Wildman–Crippen LogP) is 6.80. The Morgan fingerprint density at radius 2 is 1.49 bits per heavy atom. The average Bonchev–Trinajstić information content (AvgIpc) is 3.00. The molecule has 0 aliphatic rings. The summed E-state index contributed by atoms with van der Waals surface area (Å²) in [5.74, 6) is -1.55. The molecule has 0 radical (unpaired) electrons. The molecule has 0 saturated carbocycles. The maximum absolute atomic E-state index is 14.4. The molecule has 4 rings (SSSR count). The van der Waals surface area contributed by atoms with Gasteiger partial charge in [0.2, 0.25) is 11.8 Å². The van der Waals surface area contributed by atoms with E-state index in [1.165, 1.54) is 59.5 Å². The van der Waals surface area contributed by atoms with Crippen LogP contribution in [0.15, 0.2) is 102 Å². The molecule has 0 saturated heterocycles. The van der Waals surface area contributed by atoms with Gasteiger partial charge in [0, 0.05) is 19.0 Å². The molecule has 1 atom stereocenters. The molecule has 0 heterocycles. The van der Waals surface area contributed by atoms with Gasteiger partial charge in [0.25, 0.3) is 10.0 Å². The zero-order chi connectivity index (χ0) is 32.7. The van der Waals surface area contributed by atoms with Gasteiger partial charge in [-0.25, -0.2) is 12.8 Å². The first-order chi connectivity index (χ1) is 21.4. The van der Waals surface area contributed by atoms with Crippen molar-refractivity contribution in [2.24, 2.45) is 0 Å². The number of rotatable bonds is 12. The summed E-state index contributed by atoms with van der Waals surface area (Å²) in [6.07, 6.45) is 0.148. The van der Waals surface area contributed by atoms with E-state index in [2.05, 4.69) is 5.32 Å². The molecule has 0 aliphatic heterocycles. The second kappa shape index (κ2) is 14.9. The minimum absolute atomic E-state index is 0.00562. The molecule has 45 heavy (non-hydrogen) atoms. The monoisotopic (exact) mass is 669 g/mol. The van der Waals surface area contributed by atoms with E-state index in [0.717, 1.165) is 15.4 Å². The van der Waals surface area contributed by atoms with Crippen molar-refractivity contribution in [3.63, 3.8) is 0 Å². The van der Waals surface area contributed by atoms with Gasteiger partial charge in [-0.15, -0.1) is 0 Å². The van der Waals surface area contributed by atoms with Gasteiger partial charge in [-0.05, 0) is 68.3 Å². The summed E-state index contributed by atoms with van der Waals surface area (Å²) in [6, 6.07) is 24.2. The molecule has 4 aromatic carbocycles. The van der Waals surface area contributed by atoms with Crippen LogP contribution in [0.4, 0.5) is 10.1 Å². The fourth-order valence-corrected chi connectivity index (χ4v) is 6.63. The van der Waals surface area contributed by atoms with Crippen LogP contribution in [0.1, 0.15) is 30.5 Å². The number of sulfonamides is 1. The normalized spacial score (nSPS) is 12.1. The number of halogens is 3. The first-order valence-corrected chi connectivity index (χ1v) is 16.5. The number of carbonyl (C=O) groups excluding carboxylic acids is 2. The zero-order valence-electron chi connectivity index (χ0n) is 25.1. The molecule has 11 heteroatoms. The molecule has 0 bridgehead atoms. The summed E-state index contributed by atoms with van der Waals surface area (Å²) >= 11 is 12.8. The van der Waals surface area contributed by atoms with E-state index in [0.29, 0.717) is 5.56 Å². The Labute approximate surface area is 273 Å². The van der Waals surface area contributed by atoms with Crippen LogP contribution < -0.4 is 9.62 Å². The van der Waals surface area contributed by atoms with Gasteiger partial charge in [0.05, 0.1) is 20.6 Å². The summed E-state index contributed by atoms with van der Waals surface area (Å²) in [7, 11) is -4.35. The standard InChI is InChI=1S/C34H34Cl2FN3O4S/c1-23(2)38-34(42)31(20-25-8-5-4-6-9-25)39(21-26-14-16-27(37)17-15-26)32(41)22-40(30-11-7-10-29(35)33(30)36)45(43,44)28-18-12-24(3)13-19-28/h4-19,23,31H,20-22H2,1-3H3,(H,38,42)/t31-/m0/s1. The molecule has 4 aromatic rings. The molecule has 0 unspecified atom stereocenters. The van der Waals surface area contributed by atoms with Crippen molar-refractivity contribution in [3.05, 3.63) is 130 Å². The van der Waals surface area contributed by atoms with Crippen molar-refractivity contribution in [1.82, 2.24) is 10.2 Å². The van der Waals surface area contributed by atoms with E-state index in [9.17, 15) is 22.4 Å². The van der Waals surface area contributed by atoms with Crippen LogP contribution in [0.2, 0.25) is 10.0 Å². The Bertz CT molecular complexity index is 1740. The smallest absolute Gasteiger partial charge is 0.264 e. The first kappa shape index (κ1) is 34.0. The van der Waals surface area contributed by atoms with E-state index in [4.69, 9.17) is 23.2 Å². The van der Waals surface area contributed by atoms with Crippen molar-refractivity contribution >= 4 is 50.7 Å². The van der Waals surface area contributed by atoms with Crippen LogP contribution in [0.25, 0.3) is 0 Å². The number of hydrogen-bond acceptors (Lipinski definition) is 4. The second-order valence-corrected chi connectivity index (χ2v) is 13.6. The van der Waals surface area contributed by atoms with Crippen molar-refractivity contribution in [1.29, 1.82) is 0 Å². The van der Waals surface area contributed by atoms with Crippen LogP contribution in [0, 0.1) is 12.7 Å². The fourth-order valence-electron chi connectivity index (χ4n) is 4.76. The Kier molecular flexibility index (Phi) is 11.3. The van der Waals surface area contributed by atoms with Crippen LogP contribution in [-0.2, 0) is 32.6 Å². The lowest BCUT2D eigenvalue weighted by atomic mass is 10.0. The number of aryl methyl sites for hydroxylation is 1. The summed E-state index contributed by atoms with van der Waals surface area (Å²) in [6.45, 7) is 4.65. The van der Waals surface area contributed by atoms with Crippen molar-refractivity contribution in [3.8, 4) is 0 Å². The number of nitrogens with one attached hydrogen (secondary N) is 1. The first-order valence-electron chi connectivity index (χ1n) is 14.3. The van der Waals surface area contributed by atoms with Gasteiger partial charge in [-0.1, -0.05) is 89.4 Å². The fraction of sp³-hybridized carbons (Fsp3) is 0.235. The second-order valence-electron chi connectivity index (χ2n) is 10.9. The third kappa shape index (κ3) is 8.63. The van der Waals surface area contributed by atoms with Crippen LogP contribution >= 0.6 is 23.2 Å². The van der Waals surface area contributed by atoms with Gasteiger partial charge in [0.1, 0.15) is 18.4 Å². The van der Waals surface area contributed by atoms with E-state index in [1.54, 1.807) is 26.0 Å². The predicted molar refractivity (Wildman–Crippen MR) is 176 cm³/mol. The lowest BCUT2D eigenvalue weighted by Gasteiger charge is -2.34. The zero-order valence-corrected chi connectivity index (χ0v) is 27.4. The molecule has 236 valence electrons. The Hall–Kier alpha value is -3.92. The number of anilines is 1. The molecule has 0 spiro atoms. The number of nitrogens with zero attached hydrogens (tertiary/aromatic N) is 2. The third-order valence-electron chi connectivity index (χ3n) is 7.06. The molecular formula is C34H34Cl2FN3O4S. The van der Waals surface area contributed by atoms with E-state index in [-0.39, 0.29) is 39.6 Å². The van der Waals surface area contributed by atoms with Gasteiger partial charge in [0.15, 0.2) is 0 Å². The maximum atomic E-state index is 14.4. The molecule has 0 aromatic heterocycles. The van der Waals surface area contributed by atoms with E-state index >= 15 is 0 Å². The Morgan fingerprint density at radius 1 is 0.844 bits per heavy atom. The number of hydrogen-bond donors (Lipinski definition) is 1. The highest BCUT2D eigenvalue weighted by atomic mass is 35.5. The molecule has 7 nitrogen and oxygen atoms in total. The topological polar surface area (TPSA) is 86.8 Å². The Morgan fingerprint density at radius 3 is 2.11 bits per heavy atom. The highest BCUT2D eigenvalue weighted by molar-refractivity contribution is 7.92. The third-order valence-corrected chi connectivity index (χ3v) is 9.64. The largest absolute Gasteiger partial charge is 0.352 e. The van der Waals surface area contributed by atoms with E-state index < -0.39 is 40.2 Å². The highest BCUT2D eigenvalue weighted by Crippen LogP contribution is 2.35. The van der Waals surface area contributed by atoms with Gasteiger partial charge in [-0.3, -0.25) is 13.9 Å². The van der Waals surface area contributed by atoms with Crippen molar-refractivity contribution < 1.29 is 22.4 Å². The van der Waals surface area contributed by atoms with Gasteiger partial charge >= 0.3 is 0 Å². The number of amides is 2. The molecule has 0 aliphatic carbocycles. The lowest BCUT2D eigenvalue weighted by Crippen LogP contribution is -2.54. The summed E-state index contributed by atoms with van der Waals surface area (Å²) in [5.41, 5.74) is 2.20. The van der Waals surface area contributed by atoms with Crippen molar-refractivity contribution in [2.75, 3.05) is 10.8 Å². The highest BCUT2D eigenvalue weighted by Gasteiger charge is 2.35. The van der Waals surface area contributed by atoms with Crippen LogP contribution in [-0.4, -0.2) is 43.8 Å². The number of benzene rings is 4. The lowest BCUT2D eigenvalue weighted by molar-refractivity contribution is -0.140. The van der Waals surface area contributed by atoms with Crippen LogP contribution in [0.5, 0.6) is 0 Å². The number of carbonyl (C=O) groups is 2. The maximum Gasteiger partial charge on any atom is 0.264 e. The van der Waals surface area contributed by atoms with Gasteiger partial charge in [-0.2, -0.15) is 0 Å². The van der Waals surface area contributed by atoms with Crippen molar-refractivity contribution in [2.45, 2.75) is 50.7 Å². The van der Waals surface area contributed by atoms with E-state index in [1.807, 2.05) is 37.3 Å². The van der Waals surface area contributed by atoms with Crippen LogP contribution in [0.3, 0.4) is 0 Å². The molecule has 1 N–H and O–H groups in total.